The van der Waals surface area contributed by atoms with Gasteiger partial charge in [0, 0.05) is 11.3 Å². The Bertz CT molecular complexity index is 883. The number of rotatable bonds is 3. The first kappa shape index (κ1) is 16.3. The van der Waals surface area contributed by atoms with Crippen LogP contribution in [0.1, 0.15) is 39.9 Å². The third-order valence-corrected chi connectivity index (χ3v) is 3.90. The van der Waals surface area contributed by atoms with Gasteiger partial charge < -0.3 is 15.0 Å². The number of hydrogen-bond donors (Lipinski definition) is 2. The highest BCUT2D eigenvalue weighted by Crippen LogP contribution is 2.36. The van der Waals surface area contributed by atoms with Gasteiger partial charge in [-0.05, 0) is 39.0 Å². The number of hydrogen-bond acceptors (Lipinski definition) is 4. The van der Waals surface area contributed by atoms with Gasteiger partial charge in [0.2, 0.25) is 0 Å². The molecule has 6 nitrogen and oxygen atoms in total. The summed E-state index contributed by atoms with van der Waals surface area (Å²) >= 11 is 6.01. The van der Waals surface area contributed by atoms with Crippen molar-refractivity contribution < 1.29 is 14.3 Å². The average molecular weight is 346 g/mol. The normalized spacial score (nSPS) is 14.7. The van der Waals surface area contributed by atoms with Crippen LogP contribution in [0.15, 0.2) is 12.1 Å². The van der Waals surface area contributed by atoms with Crippen LogP contribution in [0.3, 0.4) is 0 Å². The highest BCUT2D eigenvalue weighted by Gasteiger charge is 2.28. The quantitative estimate of drug-likeness (QED) is 0.507. The van der Waals surface area contributed by atoms with E-state index in [9.17, 15) is 9.59 Å². The molecule has 1 amide bonds. The number of amides is 1. The second-order valence-electron chi connectivity index (χ2n) is 5.47. The van der Waals surface area contributed by atoms with Gasteiger partial charge in [-0.25, -0.2) is 9.78 Å². The zero-order valence-corrected chi connectivity index (χ0v) is 14.2. The summed E-state index contributed by atoms with van der Waals surface area (Å²) in [5.41, 5.74) is 4.07. The fraction of sp³-hybridized carbons (Fsp3) is 0.235. The highest BCUT2D eigenvalue weighted by atomic mass is 35.5. The summed E-state index contributed by atoms with van der Waals surface area (Å²) < 4.78 is 5.06. The lowest BCUT2D eigenvalue weighted by Crippen LogP contribution is -2.06. The summed E-state index contributed by atoms with van der Waals surface area (Å²) in [5, 5.41) is 3.09. The summed E-state index contributed by atoms with van der Waals surface area (Å²) in [6.45, 7) is 5.63. The van der Waals surface area contributed by atoms with E-state index in [0.29, 0.717) is 38.9 Å². The lowest BCUT2D eigenvalue weighted by Gasteiger charge is -2.03. The zero-order valence-electron chi connectivity index (χ0n) is 13.5. The molecule has 0 fully saturated rings. The van der Waals surface area contributed by atoms with E-state index in [1.54, 1.807) is 32.1 Å². The molecule has 3 rings (SSSR count). The number of esters is 1. The first-order chi connectivity index (χ1) is 11.4. The fourth-order valence-corrected chi connectivity index (χ4v) is 2.93. The average Bonchev–Trinajstić information content (AvgIpc) is 3.02. The first-order valence-electron chi connectivity index (χ1n) is 7.48. The Morgan fingerprint density at radius 3 is 2.83 bits per heavy atom. The molecule has 124 valence electrons. The minimum Gasteiger partial charge on any atom is -0.462 e. The Hall–Kier alpha value is -2.60. The molecule has 0 saturated heterocycles. The lowest BCUT2D eigenvalue weighted by molar-refractivity contribution is -0.110. The Morgan fingerprint density at radius 2 is 2.12 bits per heavy atom. The topological polar surface area (TPSA) is 84.1 Å². The van der Waals surface area contributed by atoms with Crippen molar-refractivity contribution in [2.24, 2.45) is 0 Å². The molecule has 0 spiro atoms. The molecule has 2 aromatic heterocycles. The van der Waals surface area contributed by atoms with Crippen LogP contribution in [0.2, 0.25) is 5.15 Å². The molecule has 0 saturated carbocycles. The minimum absolute atomic E-state index is 0.265. The number of H-pyrrole nitrogens is 1. The number of aromatic nitrogens is 2. The van der Waals surface area contributed by atoms with Crippen molar-refractivity contribution in [3.8, 4) is 0 Å². The highest BCUT2D eigenvalue weighted by molar-refractivity contribution is 6.36. The van der Waals surface area contributed by atoms with Gasteiger partial charge in [0.05, 0.1) is 34.8 Å². The molecular formula is C17H16ClN3O3. The van der Waals surface area contributed by atoms with Crippen molar-refractivity contribution in [1.29, 1.82) is 0 Å². The molecule has 0 aromatic carbocycles. The molecule has 1 aliphatic rings. The van der Waals surface area contributed by atoms with E-state index in [2.05, 4.69) is 15.3 Å². The maximum Gasteiger partial charge on any atom is 0.340 e. The molecular weight excluding hydrogens is 330 g/mol. The molecule has 2 aromatic rings. The standard InChI is InChI=1S/C17H16ClN3O3/c1-4-24-17(23)12-5-8(2)19-13(12)6-11-10-7-14(18)20-9(3)15(10)21-16(11)22/h5-7,19H,4H2,1-3H3,(H,21,22)/b11-6-. The van der Waals surface area contributed by atoms with Crippen molar-refractivity contribution >= 4 is 40.8 Å². The van der Waals surface area contributed by atoms with E-state index in [1.165, 1.54) is 0 Å². The van der Waals surface area contributed by atoms with Gasteiger partial charge in [-0.3, -0.25) is 4.79 Å². The van der Waals surface area contributed by atoms with Gasteiger partial charge in [-0.15, -0.1) is 0 Å². The van der Waals surface area contributed by atoms with E-state index in [-0.39, 0.29) is 12.5 Å². The number of pyridine rings is 1. The summed E-state index contributed by atoms with van der Waals surface area (Å²) in [7, 11) is 0. The van der Waals surface area contributed by atoms with Gasteiger partial charge in [-0.1, -0.05) is 11.6 Å². The number of anilines is 1. The van der Waals surface area contributed by atoms with Crippen molar-refractivity contribution in [1.82, 2.24) is 9.97 Å². The number of ether oxygens (including phenoxy) is 1. The molecule has 0 bridgehead atoms. The fourth-order valence-electron chi connectivity index (χ4n) is 2.70. The van der Waals surface area contributed by atoms with Crippen LogP contribution in [0.4, 0.5) is 5.69 Å². The van der Waals surface area contributed by atoms with Crippen molar-refractivity contribution in [3.63, 3.8) is 0 Å². The summed E-state index contributed by atoms with van der Waals surface area (Å²) in [6.07, 6.45) is 1.64. The number of carbonyl (C=O) groups excluding carboxylic acids is 2. The van der Waals surface area contributed by atoms with E-state index in [0.717, 1.165) is 5.69 Å². The van der Waals surface area contributed by atoms with Crippen LogP contribution in [-0.2, 0) is 9.53 Å². The van der Waals surface area contributed by atoms with Gasteiger partial charge in [-0.2, -0.15) is 0 Å². The predicted octanol–water partition coefficient (Wildman–Crippen LogP) is 3.35. The lowest BCUT2D eigenvalue weighted by atomic mass is 10.1. The number of aromatic amines is 1. The second kappa shape index (κ2) is 6.13. The Kier molecular flexibility index (Phi) is 4.15. The van der Waals surface area contributed by atoms with E-state index >= 15 is 0 Å². The van der Waals surface area contributed by atoms with E-state index in [4.69, 9.17) is 16.3 Å². The summed E-state index contributed by atoms with van der Waals surface area (Å²) in [4.78, 5) is 31.6. The first-order valence-corrected chi connectivity index (χ1v) is 7.85. The smallest absolute Gasteiger partial charge is 0.340 e. The number of carbonyl (C=O) groups is 2. The summed E-state index contributed by atoms with van der Waals surface area (Å²) in [5.74, 6) is -0.699. The predicted molar refractivity (Wildman–Crippen MR) is 92.0 cm³/mol. The number of halogens is 1. The van der Waals surface area contributed by atoms with Crippen LogP contribution in [0, 0.1) is 13.8 Å². The summed E-state index contributed by atoms with van der Waals surface area (Å²) in [6, 6.07) is 3.33. The monoisotopic (exact) mass is 345 g/mol. The van der Waals surface area contributed by atoms with E-state index in [1.807, 2.05) is 6.92 Å². The van der Waals surface area contributed by atoms with Crippen LogP contribution in [0.25, 0.3) is 11.6 Å². The molecule has 0 radical (unpaired) electrons. The van der Waals surface area contributed by atoms with Crippen LogP contribution < -0.4 is 5.32 Å². The van der Waals surface area contributed by atoms with Crippen LogP contribution in [0.5, 0.6) is 0 Å². The second-order valence-corrected chi connectivity index (χ2v) is 5.85. The van der Waals surface area contributed by atoms with Crippen molar-refractivity contribution in [3.05, 3.63) is 45.5 Å². The third kappa shape index (κ3) is 2.80. The minimum atomic E-state index is -0.434. The van der Waals surface area contributed by atoms with Crippen LogP contribution in [-0.4, -0.2) is 28.5 Å². The van der Waals surface area contributed by atoms with Crippen LogP contribution >= 0.6 is 11.6 Å². The number of aryl methyl sites for hydroxylation is 2. The number of fused-ring (bicyclic) bond motifs is 1. The SMILES string of the molecule is CCOC(=O)c1cc(C)[nH]c1/C=C1\C(=O)Nc2c1cc(Cl)nc2C. The molecule has 2 N–H and O–H groups in total. The molecule has 24 heavy (non-hydrogen) atoms. The molecule has 0 aliphatic carbocycles. The van der Waals surface area contributed by atoms with Gasteiger partial charge in [0.15, 0.2) is 0 Å². The third-order valence-electron chi connectivity index (χ3n) is 3.71. The Balaban J connectivity index is 2.11. The number of nitrogens with one attached hydrogen (secondary N) is 2. The molecule has 1 aliphatic heterocycles. The van der Waals surface area contributed by atoms with Crippen molar-refractivity contribution in [2.45, 2.75) is 20.8 Å². The number of nitrogens with zero attached hydrogens (tertiary/aromatic N) is 1. The molecule has 0 unspecified atom stereocenters. The Morgan fingerprint density at radius 1 is 1.38 bits per heavy atom. The van der Waals surface area contributed by atoms with Gasteiger partial charge in [0.1, 0.15) is 5.15 Å². The molecule has 0 atom stereocenters. The van der Waals surface area contributed by atoms with E-state index < -0.39 is 5.97 Å². The molecule has 3 heterocycles. The maximum atomic E-state index is 12.3. The van der Waals surface area contributed by atoms with Crippen molar-refractivity contribution in [2.75, 3.05) is 11.9 Å². The molecule has 7 heteroatoms. The largest absolute Gasteiger partial charge is 0.462 e. The van der Waals surface area contributed by atoms with Gasteiger partial charge >= 0.3 is 5.97 Å². The van der Waals surface area contributed by atoms with Gasteiger partial charge in [0.25, 0.3) is 5.91 Å². The zero-order chi connectivity index (χ0) is 17.4. The maximum absolute atomic E-state index is 12.3. The Labute approximate surface area is 143 Å².